The normalized spacial score (nSPS) is 18.8. The molecule has 0 bridgehead atoms. The van der Waals surface area contributed by atoms with Gasteiger partial charge in [0.2, 0.25) is 0 Å². The van der Waals surface area contributed by atoms with Crippen molar-refractivity contribution in [3.05, 3.63) is 0 Å². The van der Waals surface area contributed by atoms with Gasteiger partial charge in [0.25, 0.3) is 0 Å². The first kappa shape index (κ1) is 10.6. The molecule has 0 unspecified atom stereocenters. The third-order valence-corrected chi connectivity index (χ3v) is 2.15. The van der Waals surface area contributed by atoms with Gasteiger partial charge in [0.15, 0.2) is 0 Å². The van der Waals surface area contributed by atoms with Gasteiger partial charge in [-0.15, -0.1) is 0 Å². The summed E-state index contributed by atoms with van der Waals surface area (Å²) in [5, 5.41) is 3.22. The fourth-order valence-corrected chi connectivity index (χ4v) is 1.35. The molecule has 0 aliphatic carbocycles. The van der Waals surface area contributed by atoms with E-state index in [1.54, 1.807) is 0 Å². The highest BCUT2D eigenvalue weighted by atomic mass is 16.5. The molecule has 0 saturated carbocycles. The maximum Gasteiger partial charge on any atom is 0.121 e. The predicted octanol–water partition coefficient (Wildman–Crippen LogP) is -0.503. The van der Waals surface area contributed by atoms with Gasteiger partial charge in [0.05, 0.1) is 13.2 Å². The number of carbonyl (C=O) groups excluding carboxylic acids is 1. The SMILES string of the molecule is O=CCCNCCN1CCOCC1. The molecule has 1 N–H and O–H groups in total. The summed E-state index contributed by atoms with van der Waals surface area (Å²) in [6, 6.07) is 0. The first-order valence-electron chi connectivity index (χ1n) is 4.88. The monoisotopic (exact) mass is 186 g/mol. The van der Waals surface area contributed by atoms with Crippen molar-refractivity contribution in [3.8, 4) is 0 Å². The molecule has 1 heterocycles. The average molecular weight is 186 g/mol. The molecule has 4 heteroatoms. The number of ether oxygens (including phenoxy) is 1. The Hall–Kier alpha value is -0.450. The molecule has 0 aromatic carbocycles. The van der Waals surface area contributed by atoms with E-state index in [2.05, 4.69) is 10.2 Å². The zero-order chi connectivity index (χ0) is 9.36. The standard InChI is InChI=1S/C9H18N2O2/c12-7-1-2-10-3-4-11-5-8-13-9-6-11/h7,10H,1-6,8-9H2. The van der Waals surface area contributed by atoms with Crippen LogP contribution in [-0.2, 0) is 9.53 Å². The number of hydrogen-bond donors (Lipinski definition) is 1. The minimum atomic E-state index is 0.614. The van der Waals surface area contributed by atoms with Gasteiger partial charge in [-0.3, -0.25) is 4.90 Å². The van der Waals surface area contributed by atoms with Crippen molar-refractivity contribution in [1.29, 1.82) is 0 Å². The van der Waals surface area contributed by atoms with Crippen LogP contribution in [0.3, 0.4) is 0 Å². The van der Waals surface area contributed by atoms with Crippen molar-refractivity contribution in [2.45, 2.75) is 6.42 Å². The van der Waals surface area contributed by atoms with Gasteiger partial charge in [-0.25, -0.2) is 0 Å². The lowest BCUT2D eigenvalue weighted by Crippen LogP contribution is -2.40. The van der Waals surface area contributed by atoms with Crippen LogP contribution >= 0.6 is 0 Å². The number of nitrogens with zero attached hydrogens (tertiary/aromatic N) is 1. The van der Waals surface area contributed by atoms with Crippen molar-refractivity contribution < 1.29 is 9.53 Å². The smallest absolute Gasteiger partial charge is 0.121 e. The molecule has 13 heavy (non-hydrogen) atoms. The van der Waals surface area contributed by atoms with E-state index in [4.69, 9.17) is 4.74 Å². The number of carbonyl (C=O) groups is 1. The summed E-state index contributed by atoms with van der Waals surface area (Å²) < 4.78 is 5.24. The Bertz CT molecular complexity index is 136. The molecular weight excluding hydrogens is 168 g/mol. The molecule has 0 amide bonds. The van der Waals surface area contributed by atoms with Gasteiger partial charge in [0.1, 0.15) is 6.29 Å². The van der Waals surface area contributed by atoms with Crippen LogP contribution in [0.25, 0.3) is 0 Å². The van der Waals surface area contributed by atoms with E-state index in [0.29, 0.717) is 6.42 Å². The summed E-state index contributed by atoms with van der Waals surface area (Å²) in [5.41, 5.74) is 0. The van der Waals surface area contributed by atoms with Crippen molar-refractivity contribution in [2.24, 2.45) is 0 Å². The van der Waals surface area contributed by atoms with E-state index in [1.807, 2.05) is 0 Å². The molecule has 0 radical (unpaired) electrons. The summed E-state index contributed by atoms with van der Waals surface area (Å²) in [5.74, 6) is 0. The third-order valence-electron chi connectivity index (χ3n) is 2.15. The fourth-order valence-electron chi connectivity index (χ4n) is 1.35. The maximum absolute atomic E-state index is 10.0. The van der Waals surface area contributed by atoms with Crippen LogP contribution < -0.4 is 5.32 Å². The molecule has 0 atom stereocenters. The first-order chi connectivity index (χ1) is 6.43. The second kappa shape index (κ2) is 7.00. The van der Waals surface area contributed by atoms with Gasteiger partial charge < -0.3 is 14.8 Å². The molecule has 0 spiro atoms. The van der Waals surface area contributed by atoms with Crippen molar-refractivity contribution in [1.82, 2.24) is 10.2 Å². The molecule has 76 valence electrons. The molecule has 0 aromatic heterocycles. The second-order valence-electron chi connectivity index (χ2n) is 3.16. The van der Waals surface area contributed by atoms with Crippen LogP contribution in [0.4, 0.5) is 0 Å². The van der Waals surface area contributed by atoms with Crippen molar-refractivity contribution in [2.75, 3.05) is 45.9 Å². The molecule has 1 fully saturated rings. The summed E-state index contributed by atoms with van der Waals surface area (Å²) >= 11 is 0. The number of rotatable bonds is 6. The molecule has 4 nitrogen and oxygen atoms in total. The Kier molecular flexibility index (Phi) is 5.73. The summed E-state index contributed by atoms with van der Waals surface area (Å²) in [6.07, 6.45) is 1.56. The van der Waals surface area contributed by atoms with Crippen LogP contribution in [0.2, 0.25) is 0 Å². The Balaban J connectivity index is 1.89. The Labute approximate surface area is 79.2 Å². The van der Waals surface area contributed by atoms with E-state index in [0.717, 1.165) is 52.2 Å². The Morgan fingerprint density at radius 1 is 1.31 bits per heavy atom. The number of aldehydes is 1. The molecular formula is C9H18N2O2. The zero-order valence-electron chi connectivity index (χ0n) is 8.00. The third kappa shape index (κ3) is 4.98. The van der Waals surface area contributed by atoms with Gasteiger partial charge in [0, 0.05) is 39.1 Å². The van der Waals surface area contributed by atoms with Crippen LogP contribution in [-0.4, -0.2) is 57.1 Å². The van der Waals surface area contributed by atoms with Crippen LogP contribution in [0.5, 0.6) is 0 Å². The van der Waals surface area contributed by atoms with E-state index >= 15 is 0 Å². The number of nitrogens with one attached hydrogen (secondary N) is 1. The summed E-state index contributed by atoms with van der Waals surface area (Å²) in [4.78, 5) is 12.4. The predicted molar refractivity (Wildman–Crippen MR) is 50.8 cm³/mol. The average Bonchev–Trinajstić information content (AvgIpc) is 2.19. The highest BCUT2D eigenvalue weighted by Crippen LogP contribution is 1.94. The number of morpholine rings is 1. The lowest BCUT2D eigenvalue weighted by atomic mass is 10.4. The van der Waals surface area contributed by atoms with E-state index in [1.165, 1.54) is 0 Å². The molecule has 1 aliphatic rings. The lowest BCUT2D eigenvalue weighted by molar-refractivity contribution is -0.107. The molecule has 0 aromatic rings. The second-order valence-corrected chi connectivity index (χ2v) is 3.16. The molecule has 1 aliphatic heterocycles. The van der Waals surface area contributed by atoms with Crippen LogP contribution in [0.1, 0.15) is 6.42 Å². The topological polar surface area (TPSA) is 41.6 Å². The first-order valence-corrected chi connectivity index (χ1v) is 4.88. The lowest BCUT2D eigenvalue weighted by Gasteiger charge is -2.26. The minimum absolute atomic E-state index is 0.614. The highest BCUT2D eigenvalue weighted by molar-refractivity contribution is 5.49. The zero-order valence-corrected chi connectivity index (χ0v) is 8.00. The largest absolute Gasteiger partial charge is 0.379 e. The van der Waals surface area contributed by atoms with Crippen molar-refractivity contribution in [3.63, 3.8) is 0 Å². The summed E-state index contributed by atoms with van der Waals surface area (Å²) in [7, 11) is 0. The van der Waals surface area contributed by atoms with E-state index in [9.17, 15) is 4.79 Å². The quantitative estimate of drug-likeness (QED) is 0.448. The minimum Gasteiger partial charge on any atom is -0.379 e. The van der Waals surface area contributed by atoms with Gasteiger partial charge in [-0.2, -0.15) is 0 Å². The maximum atomic E-state index is 10.0. The van der Waals surface area contributed by atoms with Gasteiger partial charge >= 0.3 is 0 Å². The van der Waals surface area contributed by atoms with Crippen LogP contribution in [0, 0.1) is 0 Å². The summed E-state index contributed by atoms with van der Waals surface area (Å²) in [6.45, 7) is 6.61. The molecule has 1 rings (SSSR count). The van der Waals surface area contributed by atoms with Crippen LogP contribution in [0.15, 0.2) is 0 Å². The Morgan fingerprint density at radius 2 is 2.08 bits per heavy atom. The van der Waals surface area contributed by atoms with Crippen molar-refractivity contribution >= 4 is 6.29 Å². The Morgan fingerprint density at radius 3 is 2.77 bits per heavy atom. The molecule has 1 saturated heterocycles. The van der Waals surface area contributed by atoms with Gasteiger partial charge in [-0.05, 0) is 0 Å². The van der Waals surface area contributed by atoms with E-state index < -0.39 is 0 Å². The van der Waals surface area contributed by atoms with E-state index in [-0.39, 0.29) is 0 Å². The number of hydrogen-bond acceptors (Lipinski definition) is 4. The fraction of sp³-hybridized carbons (Fsp3) is 0.889. The van der Waals surface area contributed by atoms with Gasteiger partial charge in [-0.1, -0.05) is 0 Å². The highest BCUT2D eigenvalue weighted by Gasteiger charge is 2.08.